The SMILES string of the molecule is Cn1nccc1NC(=O)C(=O)N(Cc1ccccc1)C1CCCCC1. The molecule has 1 N–H and O–H groups in total. The second kappa shape index (κ2) is 7.96. The molecule has 1 saturated carbocycles. The molecule has 3 rings (SSSR count). The summed E-state index contributed by atoms with van der Waals surface area (Å²) in [4.78, 5) is 27.1. The summed E-state index contributed by atoms with van der Waals surface area (Å²) in [7, 11) is 1.73. The summed E-state index contributed by atoms with van der Waals surface area (Å²) in [6.45, 7) is 0.461. The van der Waals surface area contributed by atoms with E-state index >= 15 is 0 Å². The first kappa shape index (κ1) is 17.2. The molecule has 1 heterocycles. The molecule has 25 heavy (non-hydrogen) atoms. The smallest absolute Gasteiger partial charge is 0.315 e. The van der Waals surface area contributed by atoms with Gasteiger partial charge in [0.15, 0.2) is 0 Å². The van der Waals surface area contributed by atoms with E-state index in [0.29, 0.717) is 12.4 Å². The van der Waals surface area contributed by atoms with Crippen LogP contribution in [0.15, 0.2) is 42.6 Å². The molecule has 132 valence electrons. The van der Waals surface area contributed by atoms with E-state index in [2.05, 4.69) is 10.4 Å². The number of carbonyl (C=O) groups excluding carboxylic acids is 2. The highest BCUT2D eigenvalue weighted by atomic mass is 16.2. The van der Waals surface area contributed by atoms with E-state index in [1.165, 1.54) is 11.1 Å². The van der Waals surface area contributed by atoms with Crippen molar-refractivity contribution >= 4 is 17.6 Å². The van der Waals surface area contributed by atoms with Crippen molar-refractivity contribution in [1.82, 2.24) is 14.7 Å². The van der Waals surface area contributed by atoms with Gasteiger partial charge in [-0.2, -0.15) is 5.10 Å². The van der Waals surface area contributed by atoms with E-state index in [9.17, 15) is 9.59 Å². The van der Waals surface area contributed by atoms with Gasteiger partial charge >= 0.3 is 11.8 Å². The Hall–Kier alpha value is -2.63. The Morgan fingerprint density at radius 3 is 2.52 bits per heavy atom. The Kier molecular flexibility index (Phi) is 5.48. The topological polar surface area (TPSA) is 67.2 Å². The van der Waals surface area contributed by atoms with Crippen LogP contribution in [0.4, 0.5) is 5.82 Å². The standard InChI is InChI=1S/C19H24N4O2/c1-22-17(12-13-20-22)21-18(24)19(25)23(16-10-6-3-7-11-16)14-15-8-4-2-5-9-15/h2,4-5,8-9,12-13,16H,3,6-7,10-11,14H2,1H3,(H,21,24). The third-order valence-electron chi connectivity index (χ3n) is 4.73. The van der Waals surface area contributed by atoms with Gasteiger partial charge in [0.2, 0.25) is 0 Å². The molecule has 0 saturated heterocycles. The van der Waals surface area contributed by atoms with Gasteiger partial charge in [0.25, 0.3) is 0 Å². The van der Waals surface area contributed by atoms with Gasteiger partial charge in [-0.1, -0.05) is 49.6 Å². The summed E-state index contributed by atoms with van der Waals surface area (Å²) in [5, 5.41) is 6.67. The lowest BCUT2D eigenvalue weighted by Crippen LogP contribution is -2.46. The largest absolute Gasteiger partial charge is 0.327 e. The van der Waals surface area contributed by atoms with E-state index in [4.69, 9.17) is 0 Å². The Labute approximate surface area is 147 Å². The van der Waals surface area contributed by atoms with Crippen LogP contribution in [0.5, 0.6) is 0 Å². The molecule has 0 unspecified atom stereocenters. The van der Waals surface area contributed by atoms with Crippen LogP contribution in [0.3, 0.4) is 0 Å². The van der Waals surface area contributed by atoms with Crippen molar-refractivity contribution in [2.75, 3.05) is 5.32 Å². The molecule has 0 radical (unpaired) electrons. The zero-order valence-electron chi connectivity index (χ0n) is 14.5. The highest BCUT2D eigenvalue weighted by Gasteiger charge is 2.30. The van der Waals surface area contributed by atoms with Gasteiger partial charge in [-0.3, -0.25) is 14.3 Å². The average Bonchev–Trinajstić information content (AvgIpc) is 3.05. The predicted octanol–water partition coefficient (Wildman–Crippen LogP) is 2.72. The Balaban J connectivity index is 1.76. The lowest BCUT2D eigenvalue weighted by Gasteiger charge is -2.34. The monoisotopic (exact) mass is 340 g/mol. The van der Waals surface area contributed by atoms with E-state index < -0.39 is 11.8 Å². The number of aryl methyl sites for hydroxylation is 1. The number of nitrogens with zero attached hydrogens (tertiary/aromatic N) is 3. The fourth-order valence-corrected chi connectivity index (χ4v) is 3.34. The minimum Gasteiger partial charge on any atom is -0.327 e. The molecule has 1 aromatic carbocycles. The summed E-state index contributed by atoms with van der Waals surface area (Å²) in [5.41, 5.74) is 1.04. The van der Waals surface area contributed by atoms with Gasteiger partial charge in [0, 0.05) is 25.7 Å². The first-order chi connectivity index (χ1) is 12.1. The first-order valence-electron chi connectivity index (χ1n) is 8.79. The van der Waals surface area contributed by atoms with Crippen LogP contribution in [0.25, 0.3) is 0 Å². The minimum absolute atomic E-state index is 0.124. The van der Waals surface area contributed by atoms with Crippen LogP contribution >= 0.6 is 0 Å². The third-order valence-corrected chi connectivity index (χ3v) is 4.73. The van der Waals surface area contributed by atoms with Gasteiger partial charge in [0.05, 0.1) is 6.20 Å². The molecule has 0 spiro atoms. The maximum atomic E-state index is 12.9. The van der Waals surface area contributed by atoms with Crippen molar-refractivity contribution in [3.8, 4) is 0 Å². The number of hydrogen-bond acceptors (Lipinski definition) is 3. The molecule has 6 heteroatoms. The van der Waals surface area contributed by atoms with Crippen molar-refractivity contribution < 1.29 is 9.59 Å². The summed E-state index contributed by atoms with van der Waals surface area (Å²) in [5.74, 6) is -0.566. The average molecular weight is 340 g/mol. The third kappa shape index (κ3) is 4.26. The Morgan fingerprint density at radius 2 is 1.88 bits per heavy atom. The zero-order chi connectivity index (χ0) is 17.6. The number of anilines is 1. The number of carbonyl (C=O) groups is 2. The van der Waals surface area contributed by atoms with E-state index in [0.717, 1.165) is 31.2 Å². The molecule has 0 aliphatic heterocycles. The molecule has 1 aromatic heterocycles. The fourth-order valence-electron chi connectivity index (χ4n) is 3.34. The number of benzene rings is 1. The number of amides is 2. The number of nitrogens with one attached hydrogen (secondary N) is 1. The zero-order valence-corrected chi connectivity index (χ0v) is 14.5. The summed E-state index contributed by atoms with van der Waals surface area (Å²) in [6.07, 6.45) is 6.91. The quantitative estimate of drug-likeness (QED) is 0.870. The first-order valence-corrected chi connectivity index (χ1v) is 8.79. The van der Waals surface area contributed by atoms with Crippen molar-refractivity contribution in [2.45, 2.75) is 44.7 Å². The Bertz CT molecular complexity index is 720. The number of aromatic nitrogens is 2. The number of rotatable bonds is 4. The maximum Gasteiger partial charge on any atom is 0.315 e. The summed E-state index contributed by atoms with van der Waals surface area (Å²) in [6, 6.07) is 11.6. The van der Waals surface area contributed by atoms with Crippen molar-refractivity contribution in [3.05, 3.63) is 48.2 Å². The number of hydrogen-bond donors (Lipinski definition) is 1. The molecule has 1 fully saturated rings. The van der Waals surface area contributed by atoms with Gasteiger partial charge in [0.1, 0.15) is 5.82 Å². The van der Waals surface area contributed by atoms with Crippen LogP contribution in [-0.4, -0.2) is 32.5 Å². The fraction of sp³-hybridized carbons (Fsp3) is 0.421. The molecule has 6 nitrogen and oxygen atoms in total. The van der Waals surface area contributed by atoms with E-state index in [-0.39, 0.29) is 6.04 Å². The summed E-state index contributed by atoms with van der Waals surface area (Å²) >= 11 is 0. The second-order valence-electron chi connectivity index (χ2n) is 6.50. The molecule has 1 aliphatic carbocycles. The highest BCUT2D eigenvalue weighted by Crippen LogP contribution is 2.24. The molecule has 1 aliphatic rings. The lowest BCUT2D eigenvalue weighted by molar-refractivity contribution is -0.145. The van der Waals surface area contributed by atoms with Crippen LogP contribution in [0.2, 0.25) is 0 Å². The highest BCUT2D eigenvalue weighted by molar-refractivity contribution is 6.39. The van der Waals surface area contributed by atoms with E-state index in [1.54, 1.807) is 24.2 Å². The van der Waals surface area contributed by atoms with Crippen LogP contribution < -0.4 is 5.32 Å². The molecular formula is C19H24N4O2. The van der Waals surface area contributed by atoms with Gasteiger partial charge < -0.3 is 10.2 Å². The van der Waals surface area contributed by atoms with Crippen LogP contribution in [0, 0.1) is 0 Å². The molecule has 0 bridgehead atoms. The minimum atomic E-state index is -0.606. The second-order valence-corrected chi connectivity index (χ2v) is 6.50. The van der Waals surface area contributed by atoms with Crippen LogP contribution in [0.1, 0.15) is 37.7 Å². The normalized spacial score (nSPS) is 14.9. The molecule has 2 amide bonds. The molecule has 2 aromatic rings. The van der Waals surface area contributed by atoms with Gasteiger partial charge in [-0.05, 0) is 18.4 Å². The van der Waals surface area contributed by atoms with Gasteiger partial charge in [-0.15, -0.1) is 0 Å². The van der Waals surface area contributed by atoms with Crippen molar-refractivity contribution in [3.63, 3.8) is 0 Å². The van der Waals surface area contributed by atoms with Crippen molar-refractivity contribution in [2.24, 2.45) is 7.05 Å². The molecular weight excluding hydrogens is 316 g/mol. The molecule has 0 atom stereocenters. The predicted molar refractivity (Wildman–Crippen MR) is 95.7 cm³/mol. The van der Waals surface area contributed by atoms with Crippen LogP contribution in [-0.2, 0) is 23.2 Å². The maximum absolute atomic E-state index is 12.9. The summed E-state index contributed by atoms with van der Waals surface area (Å²) < 4.78 is 1.54. The lowest BCUT2D eigenvalue weighted by atomic mass is 9.93. The van der Waals surface area contributed by atoms with Gasteiger partial charge in [-0.25, -0.2) is 0 Å². The van der Waals surface area contributed by atoms with E-state index in [1.807, 2.05) is 30.3 Å². The Morgan fingerprint density at radius 1 is 1.16 bits per heavy atom. The van der Waals surface area contributed by atoms with Crippen molar-refractivity contribution in [1.29, 1.82) is 0 Å².